The third-order valence-electron chi connectivity index (χ3n) is 4.70. The number of aromatic nitrogens is 3. The molecule has 7 nitrogen and oxygen atoms in total. The summed E-state index contributed by atoms with van der Waals surface area (Å²) < 4.78 is 1.72. The maximum Gasteiger partial charge on any atom is 0.303 e. The standard InChI is InChI=1S/C22H24N4O3/c1-17-20(23-24-26(17)19-11-6-3-7-12-19)15-21(27)25(14-8-13-22(28)29)16-18-9-4-2-5-10-18/h2-7,9-12H,8,13-16H2,1H3,(H,28,29). The normalized spacial score (nSPS) is 10.7. The van der Waals surface area contributed by atoms with Crippen LogP contribution in [0.25, 0.3) is 5.69 Å². The average Bonchev–Trinajstić information content (AvgIpc) is 3.08. The fourth-order valence-electron chi connectivity index (χ4n) is 3.11. The Labute approximate surface area is 169 Å². The first-order chi connectivity index (χ1) is 14.0. The number of hydrogen-bond donors (Lipinski definition) is 1. The third-order valence-corrected chi connectivity index (χ3v) is 4.70. The van der Waals surface area contributed by atoms with E-state index < -0.39 is 5.97 Å². The topological polar surface area (TPSA) is 88.3 Å². The molecule has 150 valence electrons. The molecule has 0 aliphatic carbocycles. The Morgan fingerprint density at radius 3 is 2.34 bits per heavy atom. The summed E-state index contributed by atoms with van der Waals surface area (Å²) in [5, 5.41) is 17.3. The van der Waals surface area contributed by atoms with E-state index >= 15 is 0 Å². The summed E-state index contributed by atoms with van der Waals surface area (Å²) in [7, 11) is 0. The fourth-order valence-corrected chi connectivity index (χ4v) is 3.11. The lowest BCUT2D eigenvalue weighted by molar-refractivity contribution is -0.138. The molecule has 1 amide bonds. The van der Waals surface area contributed by atoms with Crippen LogP contribution in [0.3, 0.4) is 0 Å². The number of nitrogens with zero attached hydrogens (tertiary/aromatic N) is 4. The molecule has 1 aromatic heterocycles. The molecule has 0 bridgehead atoms. The van der Waals surface area contributed by atoms with Gasteiger partial charge in [-0.2, -0.15) is 0 Å². The Hall–Kier alpha value is -3.48. The van der Waals surface area contributed by atoms with E-state index in [0.29, 0.717) is 25.2 Å². The number of aliphatic carboxylic acids is 1. The summed E-state index contributed by atoms with van der Waals surface area (Å²) in [6, 6.07) is 19.3. The van der Waals surface area contributed by atoms with E-state index in [1.807, 2.05) is 67.6 Å². The van der Waals surface area contributed by atoms with Crippen LogP contribution in [-0.2, 0) is 22.6 Å². The van der Waals surface area contributed by atoms with Gasteiger partial charge in [-0.1, -0.05) is 53.7 Å². The molecule has 0 aliphatic rings. The summed E-state index contributed by atoms with van der Waals surface area (Å²) in [4.78, 5) is 25.5. The molecule has 2 aromatic carbocycles. The SMILES string of the molecule is Cc1c(CC(=O)N(CCCC(=O)O)Cc2ccccc2)nnn1-c1ccccc1. The van der Waals surface area contributed by atoms with Crippen molar-refractivity contribution in [1.29, 1.82) is 0 Å². The van der Waals surface area contributed by atoms with E-state index in [9.17, 15) is 9.59 Å². The van der Waals surface area contributed by atoms with Gasteiger partial charge in [0, 0.05) is 19.5 Å². The molecule has 0 unspecified atom stereocenters. The molecule has 0 atom stereocenters. The Morgan fingerprint density at radius 2 is 1.69 bits per heavy atom. The molecule has 29 heavy (non-hydrogen) atoms. The van der Waals surface area contributed by atoms with Crippen molar-refractivity contribution in [3.63, 3.8) is 0 Å². The van der Waals surface area contributed by atoms with E-state index in [1.54, 1.807) is 9.58 Å². The lowest BCUT2D eigenvalue weighted by Gasteiger charge is -2.22. The van der Waals surface area contributed by atoms with Gasteiger partial charge in [0.25, 0.3) is 0 Å². The largest absolute Gasteiger partial charge is 0.481 e. The number of amides is 1. The lowest BCUT2D eigenvalue weighted by Crippen LogP contribution is -2.33. The van der Waals surface area contributed by atoms with Crippen LogP contribution in [-0.4, -0.2) is 43.4 Å². The van der Waals surface area contributed by atoms with Crippen LogP contribution < -0.4 is 0 Å². The van der Waals surface area contributed by atoms with E-state index in [-0.39, 0.29) is 18.7 Å². The van der Waals surface area contributed by atoms with Crippen LogP contribution in [0.2, 0.25) is 0 Å². The van der Waals surface area contributed by atoms with Crippen molar-refractivity contribution in [1.82, 2.24) is 19.9 Å². The Balaban J connectivity index is 1.73. The van der Waals surface area contributed by atoms with Crippen LogP contribution >= 0.6 is 0 Å². The Bertz CT molecular complexity index is 955. The minimum absolute atomic E-state index is 0.0296. The molecule has 3 rings (SSSR count). The predicted molar refractivity (Wildman–Crippen MR) is 109 cm³/mol. The minimum atomic E-state index is -0.862. The van der Waals surface area contributed by atoms with Crippen LogP contribution in [0.4, 0.5) is 0 Å². The first kappa shape index (κ1) is 20.3. The smallest absolute Gasteiger partial charge is 0.303 e. The van der Waals surface area contributed by atoms with Crippen LogP contribution in [0, 0.1) is 6.92 Å². The summed E-state index contributed by atoms with van der Waals surface area (Å²) in [5.74, 6) is -0.957. The highest BCUT2D eigenvalue weighted by Crippen LogP contribution is 2.14. The number of carboxylic acids is 1. The zero-order valence-electron chi connectivity index (χ0n) is 16.4. The second-order valence-electron chi connectivity index (χ2n) is 6.84. The van der Waals surface area contributed by atoms with Crippen molar-refractivity contribution in [2.75, 3.05) is 6.54 Å². The molecule has 7 heteroatoms. The molecule has 3 aromatic rings. The van der Waals surface area contributed by atoms with Gasteiger partial charge in [-0.3, -0.25) is 9.59 Å². The van der Waals surface area contributed by atoms with Crippen molar-refractivity contribution in [2.24, 2.45) is 0 Å². The summed E-state index contributed by atoms with van der Waals surface area (Å²) in [6.45, 7) is 2.71. The van der Waals surface area contributed by atoms with Crippen molar-refractivity contribution < 1.29 is 14.7 Å². The maximum absolute atomic E-state index is 13.0. The number of carbonyl (C=O) groups is 2. The number of benzene rings is 2. The quantitative estimate of drug-likeness (QED) is 0.605. The molecule has 0 spiro atoms. The number of hydrogen-bond acceptors (Lipinski definition) is 4. The van der Waals surface area contributed by atoms with Gasteiger partial charge in [0.05, 0.1) is 23.5 Å². The Kier molecular flexibility index (Phi) is 6.73. The van der Waals surface area contributed by atoms with Crippen LogP contribution in [0.1, 0.15) is 29.8 Å². The molecule has 0 radical (unpaired) electrons. The molecular formula is C22H24N4O3. The van der Waals surface area contributed by atoms with Crippen LogP contribution in [0.15, 0.2) is 60.7 Å². The zero-order valence-corrected chi connectivity index (χ0v) is 16.4. The van der Waals surface area contributed by atoms with Crippen molar-refractivity contribution >= 4 is 11.9 Å². The van der Waals surface area contributed by atoms with E-state index in [0.717, 1.165) is 16.9 Å². The first-order valence-electron chi connectivity index (χ1n) is 9.54. The molecule has 1 heterocycles. The number of carbonyl (C=O) groups excluding carboxylic acids is 1. The number of para-hydroxylation sites is 1. The van der Waals surface area contributed by atoms with Gasteiger partial charge < -0.3 is 10.0 Å². The maximum atomic E-state index is 13.0. The fraction of sp³-hybridized carbons (Fsp3) is 0.273. The summed E-state index contributed by atoms with van der Waals surface area (Å²) in [5.41, 5.74) is 3.32. The molecule has 0 fully saturated rings. The average molecular weight is 392 g/mol. The summed E-state index contributed by atoms with van der Waals surface area (Å²) in [6.07, 6.45) is 0.559. The zero-order chi connectivity index (χ0) is 20.6. The summed E-state index contributed by atoms with van der Waals surface area (Å²) >= 11 is 0. The highest BCUT2D eigenvalue weighted by molar-refractivity contribution is 5.78. The highest BCUT2D eigenvalue weighted by Gasteiger charge is 2.19. The number of carboxylic acid groups (broad SMARTS) is 1. The second-order valence-corrected chi connectivity index (χ2v) is 6.84. The van der Waals surface area contributed by atoms with Crippen LogP contribution in [0.5, 0.6) is 0 Å². The van der Waals surface area contributed by atoms with Crippen molar-refractivity contribution in [2.45, 2.75) is 32.7 Å². The van der Waals surface area contributed by atoms with Gasteiger partial charge >= 0.3 is 5.97 Å². The van der Waals surface area contributed by atoms with Crippen molar-refractivity contribution in [3.8, 4) is 5.69 Å². The predicted octanol–water partition coefficient (Wildman–Crippen LogP) is 3.01. The Morgan fingerprint density at radius 1 is 1.03 bits per heavy atom. The minimum Gasteiger partial charge on any atom is -0.481 e. The van der Waals surface area contributed by atoms with Gasteiger partial charge in [-0.15, -0.1) is 5.10 Å². The lowest BCUT2D eigenvalue weighted by atomic mass is 10.1. The van der Waals surface area contributed by atoms with Gasteiger partial charge in [0.2, 0.25) is 5.91 Å². The molecule has 1 N–H and O–H groups in total. The molecule has 0 aliphatic heterocycles. The van der Waals surface area contributed by atoms with Gasteiger partial charge in [-0.05, 0) is 31.0 Å². The van der Waals surface area contributed by atoms with Crippen molar-refractivity contribution in [3.05, 3.63) is 77.6 Å². The van der Waals surface area contributed by atoms with E-state index in [4.69, 9.17) is 5.11 Å². The monoisotopic (exact) mass is 392 g/mol. The van der Waals surface area contributed by atoms with Gasteiger partial charge in [0.1, 0.15) is 0 Å². The van der Waals surface area contributed by atoms with E-state index in [2.05, 4.69) is 10.3 Å². The number of rotatable bonds is 9. The third kappa shape index (κ3) is 5.51. The second kappa shape index (κ2) is 9.64. The molecule has 0 saturated carbocycles. The highest BCUT2D eigenvalue weighted by atomic mass is 16.4. The van der Waals surface area contributed by atoms with Gasteiger partial charge in [-0.25, -0.2) is 4.68 Å². The van der Waals surface area contributed by atoms with E-state index in [1.165, 1.54) is 0 Å². The van der Waals surface area contributed by atoms with Gasteiger partial charge in [0.15, 0.2) is 0 Å². The first-order valence-corrected chi connectivity index (χ1v) is 9.54. The molecular weight excluding hydrogens is 368 g/mol. The molecule has 0 saturated heterocycles.